The van der Waals surface area contributed by atoms with Crippen molar-refractivity contribution in [3.05, 3.63) is 41.5 Å². The lowest BCUT2D eigenvalue weighted by Crippen LogP contribution is -2.50. The second kappa shape index (κ2) is 3.37. The van der Waals surface area contributed by atoms with Crippen LogP contribution < -0.4 is 0 Å². The zero-order valence-corrected chi connectivity index (χ0v) is 11.1. The van der Waals surface area contributed by atoms with E-state index in [9.17, 15) is 9.90 Å². The topological polar surface area (TPSA) is 37.3 Å². The van der Waals surface area contributed by atoms with Crippen molar-refractivity contribution in [1.82, 2.24) is 0 Å². The van der Waals surface area contributed by atoms with Gasteiger partial charge in [-0.25, -0.2) is 0 Å². The zero-order chi connectivity index (χ0) is 13.3. The minimum absolute atomic E-state index is 0.116. The molecule has 1 aromatic carbocycles. The molecule has 2 heteroatoms. The van der Waals surface area contributed by atoms with Gasteiger partial charge in [0.1, 0.15) is 0 Å². The van der Waals surface area contributed by atoms with E-state index in [1.165, 1.54) is 16.7 Å². The molecule has 2 nitrogen and oxygen atoms in total. The highest BCUT2D eigenvalue weighted by Crippen LogP contribution is 2.60. The molecule has 0 saturated heterocycles. The molecule has 1 saturated carbocycles. The Bertz CT molecular complexity index is 611. The second-order valence-electron chi connectivity index (χ2n) is 6.69. The van der Waals surface area contributed by atoms with E-state index < -0.39 is 5.60 Å². The van der Waals surface area contributed by atoms with Crippen LogP contribution in [-0.4, -0.2) is 16.5 Å². The van der Waals surface area contributed by atoms with Crippen molar-refractivity contribution < 1.29 is 9.90 Å². The number of carbonyl (C=O) groups excluding carboxylic acids is 1. The zero-order valence-electron chi connectivity index (χ0n) is 11.1. The van der Waals surface area contributed by atoms with Crippen molar-refractivity contribution in [3.8, 4) is 0 Å². The molecule has 4 rings (SSSR count). The van der Waals surface area contributed by atoms with Crippen LogP contribution in [0.5, 0.6) is 0 Å². The number of fused-ring (bicyclic) bond motifs is 3. The molecule has 2 bridgehead atoms. The van der Waals surface area contributed by atoms with Gasteiger partial charge in [-0.1, -0.05) is 24.3 Å². The van der Waals surface area contributed by atoms with Crippen LogP contribution in [0.2, 0.25) is 0 Å². The number of allylic oxidation sites excluding steroid dienone is 2. The predicted molar refractivity (Wildman–Crippen MR) is 73.5 cm³/mol. The van der Waals surface area contributed by atoms with Crippen molar-refractivity contribution in [2.75, 3.05) is 0 Å². The van der Waals surface area contributed by atoms with E-state index in [0.29, 0.717) is 0 Å². The molecule has 0 heterocycles. The lowest BCUT2D eigenvalue weighted by atomic mass is 9.57. The maximum absolute atomic E-state index is 12.3. The van der Waals surface area contributed by atoms with E-state index in [2.05, 4.69) is 18.2 Å². The normalized spacial score (nSPS) is 39.6. The predicted octanol–water partition coefficient (Wildman–Crippen LogP) is 2.75. The fourth-order valence-corrected chi connectivity index (χ4v) is 4.35. The summed E-state index contributed by atoms with van der Waals surface area (Å²) in [6.45, 7) is 1.82. The highest BCUT2D eigenvalue weighted by Gasteiger charge is 2.55. The molecule has 1 aromatic rings. The molecule has 0 aliphatic heterocycles. The van der Waals surface area contributed by atoms with Crippen LogP contribution in [0, 0.1) is 11.3 Å². The molecule has 0 amide bonds. The average Bonchev–Trinajstić information content (AvgIpc) is 2.69. The summed E-state index contributed by atoms with van der Waals surface area (Å²) in [7, 11) is 0. The summed E-state index contributed by atoms with van der Waals surface area (Å²) >= 11 is 0. The number of rotatable bonds is 0. The number of aliphatic hydroxyl groups is 1. The summed E-state index contributed by atoms with van der Waals surface area (Å²) < 4.78 is 0. The first-order valence-corrected chi connectivity index (χ1v) is 7.09. The van der Waals surface area contributed by atoms with Gasteiger partial charge in [-0.15, -0.1) is 0 Å². The Morgan fingerprint density at radius 1 is 1.26 bits per heavy atom. The molecule has 1 fully saturated rings. The fourth-order valence-electron chi connectivity index (χ4n) is 4.35. The summed E-state index contributed by atoms with van der Waals surface area (Å²) in [5.41, 5.74) is 3.16. The second-order valence-corrected chi connectivity index (χ2v) is 6.69. The van der Waals surface area contributed by atoms with E-state index in [1.54, 1.807) is 0 Å². The van der Waals surface area contributed by atoms with E-state index >= 15 is 0 Å². The van der Waals surface area contributed by atoms with Crippen LogP contribution in [-0.2, 0) is 11.2 Å². The van der Waals surface area contributed by atoms with Crippen LogP contribution in [0.25, 0.3) is 5.57 Å². The van der Waals surface area contributed by atoms with Crippen LogP contribution in [0.15, 0.2) is 30.3 Å². The minimum atomic E-state index is -0.820. The molecular formula is C17H18O2. The number of carbonyl (C=O) groups is 1. The number of ketones is 1. The summed E-state index contributed by atoms with van der Waals surface area (Å²) in [4.78, 5) is 12.3. The highest BCUT2D eigenvalue weighted by atomic mass is 16.3. The third kappa shape index (κ3) is 1.38. The van der Waals surface area contributed by atoms with Crippen LogP contribution >= 0.6 is 0 Å². The van der Waals surface area contributed by atoms with Crippen molar-refractivity contribution in [3.63, 3.8) is 0 Å². The maximum Gasteiger partial charge on any atom is 0.161 e. The maximum atomic E-state index is 12.3. The SMILES string of the molecule is CC1(O)CCC23Cc4ccccc4C2=CC(=O)C1C3. The molecule has 1 spiro atoms. The summed E-state index contributed by atoms with van der Waals surface area (Å²) in [6.07, 6.45) is 5.40. The molecule has 98 valence electrons. The smallest absolute Gasteiger partial charge is 0.161 e. The van der Waals surface area contributed by atoms with Crippen LogP contribution in [0.4, 0.5) is 0 Å². The van der Waals surface area contributed by atoms with Gasteiger partial charge in [0.2, 0.25) is 0 Å². The monoisotopic (exact) mass is 254 g/mol. The Kier molecular flexibility index (Phi) is 2.03. The molecular weight excluding hydrogens is 236 g/mol. The molecule has 3 aliphatic carbocycles. The van der Waals surface area contributed by atoms with Crippen molar-refractivity contribution in [1.29, 1.82) is 0 Å². The Hall–Kier alpha value is -1.41. The molecule has 0 radical (unpaired) electrons. The molecule has 3 unspecified atom stereocenters. The van der Waals surface area contributed by atoms with Gasteiger partial charge in [-0.3, -0.25) is 4.79 Å². The van der Waals surface area contributed by atoms with Gasteiger partial charge in [-0.05, 0) is 55.4 Å². The van der Waals surface area contributed by atoms with Gasteiger partial charge in [0, 0.05) is 5.41 Å². The lowest BCUT2D eigenvalue weighted by molar-refractivity contribution is -0.134. The van der Waals surface area contributed by atoms with Crippen molar-refractivity contribution in [2.45, 2.75) is 38.2 Å². The largest absolute Gasteiger partial charge is 0.389 e. The van der Waals surface area contributed by atoms with Gasteiger partial charge in [0.25, 0.3) is 0 Å². The summed E-state index contributed by atoms with van der Waals surface area (Å²) in [5, 5.41) is 10.4. The van der Waals surface area contributed by atoms with Crippen molar-refractivity contribution in [2.24, 2.45) is 11.3 Å². The molecule has 1 N–H and O–H groups in total. The molecule has 0 aromatic heterocycles. The van der Waals surface area contributed by atoms with E-state index in [4.69, 9.17) is 0 Å². The van der Waals surface area contributed by atoms with E-state index in [0.717, 1.165) is 25.7 Å². The Morgan fingerprint density at radius 2 is 2.05 bits per heavy atom. The average molecular weight is 254 g/mol. The first-order valence-electron chi connectivity index (χ1n) is 7.09. The molecule has 3 aliphatic rings. The number of benzene rings is 1. The minimum Gasteiger partial charge on any atom is -0.389 e. The van der Waals surface area contributed by atoms with E-state index in [-0.39, 0.29) is 17.1 Å². The summed E-state index contributed by atoms with van der Waals surface area (Å²) in [6, 6.07) is 8.44. The molecule has 19 heavy (non-hydrogen) atoms. The van der Waals surface area contributed by atoms with Gasteiger partial charge < -0.3 is 5.11 Å². The van der Waals surface area contributed by atoms with Gasteiger partial charge in [0.15, 0.2) is 5.78 Å². The lowest BCUT2D eigenvalue weighted by Gasteiger charge is -2.48. The number of hydrogen-bond acceptors (Lipinski definition) is 2. The first kappa shape index (κ1) is 11.4. The number of hydrogen-bond donors (Lipinski definition) is 1. The summed E-state index contributed by atoms with van der Waals surface area (Å²) in [5.74, 6) is -0.0914. The fraction of sp³-hybridized carbons (Fsp3) is 0.471. The van der Waals surface area contributed by atoms with Crippen LogP contribution in [0.1, 0.15) is 37.3 Å². The Balaban J connectivity index is 1.89. The Morgan fingerprint density at radius 3 is 2.89 bits per heavy atom. The van der Waals surface area contributed by atoms with Gasteiger partial charge in [0.05, 0.1) is 11.5 Å². The van der Waals surface area contributed by atoms with Crippen molar-refractivity contribution >= 4 is 11.4 Å². The quantitative estimate of drug-likeness (QED) is 0.773. The third-order valence-electron chi connectivity index (χ3n) is 5.49. The highest BCUT2D eigenvalue weighted by molar-refractivity contribution is 6.03. The van der Waals surface area contributed by atoms with Gasteiger partial charge >= 0.3 is 0 Å². The van der Waals surface area contributed by atoms with Gasteiger partial charge in [-0.2, -0.15) is 0 Å². The Labute approximate surface area is 113 Å². The standard InChI is InChI=1S/C17H18O2/c1-16(19)6-7-17-9-11-4-2-3-5-12(11)13(17)8-15(18)14(16)10-17/h2-5,8,14,19H,6-7,9-10H2,1H3. The van der Waals surface area contributed by atoms with E-state index in [1.807, 2.05) is 19.1 Å². The van der Waals surface area contributed by atoms with Crippen LogP contribution in [0.3, 0.4) is 0 Å². The molecule has 3 atom stereocenters. The third-order valence-corrected chi connectivity index (χ3v) is 5.49. The first-order chi connectivity index (χ1) is 9.02.